The van der Waals surface area contributed by atoms with Gasteiger partial charge in [0.1, 0.15) is 0 Å². The quantitative estimate of drug-likeness (QED) is 0.121. The third-order valence-electron chi connectivity index (χ3n) is 8.53. The second-order valence-electron chi connectivity index (χ2n) is 11.6. The summed E-state index contributed by atoms with van der Waals surface area (Å²) >= 11 is -13.9. The van der Waals surface area contributed by atoms with Gasteiger partial charge >= 0.3 is 329 Å². The van der Waals surface area contributed by atoms with Gasteiger partial charge in [0, 0.05) is 0 Å². The van der Waals surface area contributed by atoms with Gasteiger partial charge in [-0.25, -0.2) is 0 Å². The fourth-order valence-corrected chi connectivity index (χ4v) is 162. The second-order valence-corrected chi connectivity index (χ2v) is 88.1. The molecule has 10 heteroatoms. The molecular weight excluding hydrogens is 1140 g/mol. The molecule has 48 heavy (non-hydrogen) atoms. The molecule has 0 N–H and O–H groups in total. The van der Waals surface area contributed by atoms with Crippen molar-refractivity contribution in [1.82, 2.24) is 0 Å². The summed E-state index contributed by atoms with van der Waals surface area (Å²) in [5.74, 6) is 0. The number of hydrogen-bond acceptors (Lipinski definition) is 0. The third-order valence-corrected chi connectivity index (χ3v) is 108. The Morgan fingerprint density at radius 1 is 0.250 bits per heavy atom. The Morgan fingerprint density at radius 2 is 0.417 bits per heavy atom. The monoisotopic (exact) mass is 1180 g/mol. The Hall–Kier alpha value is 0.255. The van der Waals surface area contributed by atoms with Gasteiger partial charge in [-0.2, -0.15) is 0 Å². The van der Waals surface area contributed by atoms with E-state index in [0.29, 0.717) is 2.45 Å². The van der Waals surface area contributed by atoms with Crippen molar-refractivity contribution in [3.63, 3.8) is 0 Å². The van der Waals surface area contributed by atoms with E-state index in [4.69, 9.17) is 53.5 Å². The van der Waals surface area contributed by atoms with Crippen molar-refractivity contribution in [3.8, 4) is 0 Å². The maximum atomic E-state index is 5.56. The number of hydrogen-bond donors (Lipinski definition) is 0. The summed E-state index contributed by atoms with van der Waals surface area (Å²) in [6, 6.07) is 69.1. The van der Waals surface area contributed by atoms with Crippen LogP contribution >= 0.6 is 53.5 Å². The van der Waals surface area contributed by atoms with Crippen LogP contribution in [0.5, 0.6) is 0 Å². The van der Waals surface area contributed by atoms with E-state index in [-0.39, 0.29) is 0 Å². The second kappa shape index (κ2) is 18.3. The van der Waals surface area contributed by atoms with Gasteiger partial charge in [0.15, 0.2) is 0 Å². The Kier molecular flexibility index (Phi) is 15.1. The van der Waals surface area contributed by atoms with Crippen molar-refractivity contribution in [2.75, 3.05) is 0 Å². The van der Waals surface area contributed by atoms with Crippen LogP contribution in [-0.4, -0.2) is 66.7 Å². The number of halogens is 6. The molecule has 0 nitrogen and oxygen atoms in total. The maximum absolute atomic E-state index is 5.56. The molecule has 0 atom stereocenters. The van der Waals surface area contributed by atoms with Gasteiger partial charge in [-0.05, 0) is 0 Å². The molecule has 6 aromatic rings. The van der Waals surface area contributed by atoms with E-state index in [1.165, 1.54) is 2.45 Å². The molecular formula is C38H34Cl6Sn4. The standard InChI is InChI=1S/6C6H5.2CH2.6ClH.4Sn/c6*1-2-4-6-5-3-1;;;;;;;;;;;;/h6*1-5H;2*1H2;6*1H;;;;/q;;;;;;;;;;;;;;;;2*+3/p-6. The van der Waals surface area contributed by atoms with Crippen LogP contribution in [0.15, 0.2) is 182 Å². The van der Waals surface area contributed by atoms with E-state index in [1.54, 1.807) is 21.5 Å². The molecule has 0 bridgehead atoms. The number of benzene rings is 6. The topological polar surface area (TPSA) is 0 Å². The fraction of sp³-hybridized carbons (Fsp3) is 0.0526. The molecule has 0 spiro atoms. The predicted octanol–water partition coefficient (Wildman–Crippen LogP) is 8.70. The third kappa shape index (κ3) is 10.2. The average Bonchev–Trinajstić information content (AvgIpc) is 3.10. The van der Waals surface area contributed by atoms with Crippen LogP contribution in [-0.2, 0) is 0 Å². The Labute approximate surface area is 323 Å². The van der Waals surface area contributed by atoms with E-state index in [9.17, 15) is 0 Å². The zero-order valence-electron chi connectivity index (χ0n) is 26.0. The van der Waals surface area contributed by atoms with Crippen LogP contribution in [0.4, 0.5) is 0 Å². The first kappa shape index (κ1) is 39.5. The summed E-state index contributed by atoms with van der Waals surface area (Å²) in [5, 5.41) is 0. The fourth-order valence-electron chi connectivity index (χ4n) is 6.57. The zero-order chi connectivity index (χ0) is 34.1. The summed E-state index contributed by atoms with van der Waals surface area (Å²) in [4.78, 5) is 0. The van der Waals surface area contributed by atoms with Crippen molar-refractivity contribution in [1.29, 1.82) is 0 Å². The summed E-state index contributed by atoms with van der Waals surface area (Å²) in [6.45, 7) is 0. The molecule has 0 unspecified atom stereocenters. The molecule has 0 amide bonds. The molecule has 0 aliphatic carbocycles. The van der Waals surface area contributed by atoms with E-state index in [2.05, 4.69) is 182 Å². The number of rotatable bonds is 10. The Balaban J connectivity index is 0.000000441. The molecule has 0 heterocycles. The first-order valence-electron chi connectivity index (χ1n) is 15.5. The van der Waals surface area contributed by atoms with Gasteiger partial charge in [-0.1, -0.05) is 0 Å². The summed E-state index contributed by atoms with van der Waals surface area (Å²) in [5.41, 5.74) is 0. The van der Waals surface area contributed by atoms with Gasteiger partial charge in [-0.3, -0.25) is 0 Å². The van der Waals surface area contributed by atoms with Gasteiger partial charge < -0.3 is 0 Å². The zero-order valence-corrected chi connectivity index (χ0v) is 42.0. The van der Waals surface area contributed by atoms with Crippen molar-refractivity contribution >= 4 is 142 Å². The van der Waals surface area contributed by atoms with Gasteiger partial charge in [0.25, 0.3) is 0 Å². The summed E-state index contributed by atoms with van der Waals surface area (Å²) in [7, 11) is 33.3. The first-order valence-corrected chi connectivity index (χ1v) is 53.8. The van der Waals surface area contributed by atoms with Crippen molar-refractivity contribution < 1.29 is 0 Å². The molecule has 0 saturated carbocycles. The van der Waals surface area contributed by atoms with Crippen LogP contribution in [0.2, 0.25) is 4.91 Å². The molecule has 244 valence electrons. The van der Waals surface area contributed by atoms with Crippen LogP contribution < -0.4 is 21.5 Å². The summed E-state index contributed by atoms with van der Waals surface area (Å²) < 4.78 is 10.8. The molecule has 6 rings (SSSR count). The Morgan fingerprint density at radius 3 is 0.542 bits per heavy atom. The van der Waals surface area contributed by atoms with Gasteiger partial charge in [0.05, 0.1) is 0 Å². The molecule has 0 aliphatic rings. The molecule has 0 fully saturated rings. The van der Waals surface area contributed by atoms with Crippen LogP contribution in [0.25, 0.3) is 0 Å². The van der Waals surface area contributed by atoms with Gasteiger partial charge in [-0.15, -0.1) is 0 Å². The predicted molar refractivity (Wildman–Crippen MR) is 224 cm³/mol. The van der Waals surface area contributed by atoms with Crippen molar-refractivity contribution in [2.24, 2.45) is 0 Å². The average molecular weight is 1180 g/mol. The van der Waals surface area contributed by atoms with E-state index in [1.807, 2.05) is 0 Å². The molecule has 0 radical (unpaired) electrons. The van der Waals surface area contributed by atoms with Crippen molar-refractivity contribution in [3.05, 3.63) is 182 Å². The summed E-state index contributed by atoms with van der Waals surface area (Å²) in [6.07, 6.45) is 0. The first-order chi connectivity index (χ1) is 23.0. The molecule has 6 aromatic carbocycles. The van der Waals surface area contributed by atoms with E-state index in [0.717, 1.165) is 0 Å². The molecule has 0 aliphatic heterocycles. The van der Waals surface area contributed by atoms with E-state index >= 15 is 0 Å². The minimum absolute atomic E-state index is 0.304. The molecule has 0 aromatic heterocycles. The van der Waals surface area contributed by atoms with Crippen LogP contribution in [0, 0.1) is 0 Å². The normalized spacial score (nSPS) is 12.1. The van der Waals surface area contributed by atoms with Crippen LogP contribution in [0.3, 0.4) is 0 Å². The van der Waals surface area contributed by atoms with E-state index < -0.39 is 66.7 Å². The van der Waals surface area contributed by atoms with Crippen LogP contribution in [0.1, 0.15) is 0 Å². The molecule has 0 saturated heterocycles. The Bertz CT molecular complexity index is 1490. The van der Waals surface area contributed by atoms with Crippen molar-refractivity contribution in [2.45, 2.75) is 4.91 Å². The minimum atomic E-state index is -3.63. The van der Waals surface area contributed by atoms with Gasteiger partial charge in [0.2, 0.25) is 0 Å². The SMILES string of the molecule is [Cl][Sn]([Cl])([Cl])[CH2][Sn]([Cl])([Cl])[Cl].c1cc[c]([Sn]([CH2][Sn]([c]2ccccc2)([c]2ccccc2)[c]2ccccc2)([c]2ccccc2)[c]2ccccc2)cc1.